The zero-order chi connectivity index (χ0) is 14.8. The summed E-state index contributed by atoms with van der Waals surface area (Å²) in [5.74, 6) is 3.72. The minimum absolute atomic E-state index is 0.00953. The number of likely N-dealkylation sites (tertiary alicyclic amines) is 1. The molecule has 0 aromatic heterocycles. The highest BCUT2D eigenvalue weighted by atomic mass is 16.2. The van der Waals surface area contributed by atoms with Crippen LogP contribution in [0.1, 0.15) is 58.3 Å². The fourth-order valence-corrected chi connectivity index (χ4v) is 6.44. The molecule has 4 fully saturated rings. The second-order valence-corrected chi connectivity index (χ2v) is 8.20. The molecule has 6 atom stereocenters. The van der Waals surface area contributed by atoms with Crippen molar-refractivity contribution < 1.29 is 9.59 Å². The summed E-state index contributed by atoms with van der Waals surface area (Å²) in [6.07, 6.45) is 8.48. The van der Waals surface area contributed by atoms with Crippen LogP contribution in [0.3, 0.4) is 0 Å². The minimum Gasteiger partial charge on any atom is -0.342 e. The van der Waals surface area contributed by atoms with Gasteiger partial charge in [0.2, 0.25) is 5.91 Å². The third-order valence-corrected chi connectivity index (χ3v) is 7.62. The molecule has 0 bridgehead atoms. The number of rotatable bonds is 0. The van der Waals surface area contributed by atoms with Crippen LogP contribution in [0.25, 0.3) is 0 Å². The van der Waals surface area contributed by atoms with Crippen molar-refractivity contribution in [2.75, 3.05) is 7.05 Å². The molecule has 1 aliphatic heterocycles. The zero-order valence-electron chi connectivity index (χ0n) is 13.3. The number of hydrogen-bond acceptors (Lipinski definition) is 2. The Morgan fingerprint density at radius 2 is 1.76 bits per heavy atom. The van der Waals surface area contributed by atoms with E-state index in [1.165, 1.54) is 12.8 Å². The van der Waals surface area contributed by atoms with E-state index >= 15 is 0 Å². The van der Waals surface area contributed by atoms with Crippen molar-refractivity contribution in [3.8, 4) is 0 Å². The molecular formula is C18H27NO2. The Bertz CT molecular complexity index is 488. The number of Topliss-reactive ketones (excluding diaryl/α,β-unsaturated/α-hetero) is 1. The fraction of sp³-hybridized carbons (Fsp3) is 0.889. The number of fused-ring (bicyclic) bond motifs is 5. The molecule has 21 heavy (non-hydrogen) atoms. The van der Waals surface area contributed by atoms with Crippen molar-refractivity contribution in [3.63, 3.8) is 0 Å². The molecule has 0 aromatic rings. The van der Waals surface area contributed by atoms with Crippen LogP contribution in [-0.2, 0) is 9.59 Å². The zero-order valence-corrected chi connectivity index (χ0v) is 13.3. The lowest BCUT2D eigenvalue weighted by Gasteiger charge is -2.55. The molecule has 0 radical (unpaired) electrons. The quantitative estimate of drug-likeness (QED) is 0.687. The molecule has 3 nitrogen and oxygen atoms in total. The standard InChI is InChI=1S/C18H27NO2/c1-18-10-9-11-12(14(18)5-7-16(18)20)3-6-15-13(11)4-8-17(21)19(15)2/h11-15H,3-10H2,1-2H3/t11-,12+,13+,14-,15+,18-/m0/s1. The second kappa shape index (κ2) is 4.57. The highest BCUT2D eigenvalue weighted by molar-refractivity contribution is 5.87. The van der Waals surface area contributed by atoms with Crippen molar-refractivity contribution in [2.24, 2.45) is 29.1 Å². The molecule has 116 valence electrons. The van der Waals surface area contributed by atoms with Gasteiger partial charge in [-0.05, 0) is 62.2 Å². The van der Waals surface area contributed by atoms with E-state index in [4.69, 9.17) is 0 Å². The summed E-state index contributed by atoms with van der Waals surface area (Å²) in [5, 5.41) is 0. The van der Waals surface area contributed by atoms with Crippen molar-refractivity contribution in [1.82, 2.24) is 4.90 Å². The van der Waals surface area contributed by atoms with Crippen molar-refractivity contribution >= 4 is 11.7 Å². The molecule has 0 N–H and O–H groups in total. The van der Waals surface area contributed by atoms with Gasteiger partial charge in [0.05, 0.1) is 0 Å². The van der Waals surface area contributed by atoms with E-state index in [0.717, 1.165) is 50.4 Å². The Hall–Kier alpha value is -0.860. The molecule has 0 aromatic carbocycles. The molecule has 3 heteroatoms. The third-order valence-electron chi connectivity index (χ3n) is 7.62. The van der Waals surface area contributed by atoms with Gasteiger partial charge in [-0.15, -0.1) is 0 Å². The number of carbonyl (C=O) groups is 2. The summed E-state index contributed by atoms with van der Waals surface area (Å²) < 4.78 is 0. The van der Waals surface area contributed by atoms with E-state index in [2.05, 4.69) is 6.92 Å². The van der Waals surface area contributed by atoms with Crippen LogP contribution in [0.2, 0.25) is 0 Å². The van der Waals surface area contributed by atoms with Crippen LogP contribution in [-0.4, -0.2) is 29.7 Å². The van der Waals surface area contributed by atoms with Crippen LogP contribution in [0.4, 0.5) is 0 Å². The summed E-state index contributed by atoms with van der Waals surface area (Å²) in [4.78, 5) is 26.3. The Morgan fingerprint density at radius 1 is 0.952 bits per heavy atom. The molecule has 3 saturated carbocycles. The number of amides is 1. The van der Waals surface area contributed by atoms with Gasteiger partial charge in [0.1, 0.15) is 5.78 Å². The van der Waals surface area contributed by atoms with Gasteiger partial charge in [-0.1, -0.05) is 6.92 Å². The molecule has 4 rings (SSSR count). The first-order chi connectivity index (χ1) is 10.0. The van der Waals surface area contributed by atoms with Gasteiger partial charge in [0.25, 0.3) is 0 Å². The van der Waals surface area contributed by atoms with E-state index in [9.17, 15) is 9.59 Å². The summed E-state index contributed by atoms with van der Waals surface area (Å²) in [6, 6.07) is 0.481. The van der Waals surface area contributed by atoms with E-state index in [1.807, 2.05) is 11.9 Å². The van der Waals surface area contributed by atoms with Crippen LogP contribution >= 0.6 is 0 Å². The van der Waals surface area contributed by atoms with Crippen molar-refractivity contribution in [3.05, 3.63) is 0 Å². The molecule has 1 amide bonds. The van der Waals surface area contributed by atoms with E-state index in [1.54, 1.807) is 0 Å². The van der Waals surface area contributed by atoms with Gasteiger partial charge in [-0.3, -0.25) is 9.59 Å². The van der Waals surface area contributed by atoms with Crippen molar-refractivity contribution in [1.29, 1.82) is 0 Å². The van der Waals surface area contributed by atoms with Gasteiger partial charge in [0, 0.05) is 31.3 Å². The summed E-state index contributed by atoms with van der Waals surface area (Å²) in [7, 11) is 2.01. The lowest BCUT2D eigenvalue weighted by Crippen LogP contribution is -2.55. The van der Waals surface area contributed by atoms with Crippen LogP contribution in [0, 0.1) is 29.1 Å². The first-order valence-corrected chi connectivity index (χ1v) is 8.81. The third kappa shape index (κ3) is 1.78. The molecule has 1 heterocycles. The maximum atomic E-state index is 12.3. The summed E-state index contributed by atoms with van der Waals surface area (Å²) in [5.41, 5.74) is -0.00953. The van der Waals surface area contributed by atoms with Gasteiger partial charge in [-0.25, -0.2) is 0 Å². The van der Waals surface area contributed by atoms with Gasteiger partial charge in [-0.2, -0.15) is 0 Å². The molecular weight excluding hydrogens is 262 g/mol. The lowest BCUT2D eigenvalue weighted by atomic mass is 9.52. The Labute approximate surface area is 127 Å². The SMILES string of the molecule is CN1C(=O)CC[C@@H]2[C@H]3CC[C@]4(C)C(=O)CC[C@H]4[C@@H]3CC[C@H]21. The maximum Gasteiger partial charge on any atom is 0.222 e. The Morgan fingerprint density at radius 3 is 2.57 bits per heavy atom. The van der Waals surface area contributed by atoms with Crippen LogP contribution < -0.4 is 0 Å². The first kappa shape index (κ1) is 13.8. The Kier molecular flexibility index (Phi) is 3.00. The molecule has 0 spiro atoms. The van der Waals surface area contributed by atoms with Gasteiger partial charge < -0.3 is 4.90 Å². The first-order valence-electron chi connectivity index (χ1n) is 8.81. The fourth-order valence-electron chi connectivity index (χ4n) is 6.44. The highest BCUT2D eigenvalue weighted by Gasteiger charge is 2.57. The largest absolute Gasteiger partial charge is 0.342 e. The number of ketones is 1. The molecule has 4 aliphatic rings. The number of hydrogen-bond donors (Lipinski definition) is 0. The predicted octanol–water partition coefficient (Wildman–Crippen LogP) is 3.03. The molecule has 3 aliphatic carbocycles. The van der Waals surface area contributed by atoms with E-state index < -0.39 is 0 Å². The smallest absolute Gasteiger partial charge is 0.222 e. The Balaban J connectivity index is 1.61. The van der Waals surface area contributed by atoms with E-state index in [-0.39, 0.29) is 5.41 Å². The van der Waals surface area contributed by atoms with Gasteiger partial charge >= 0.3 is 0 Å². The molecule has 1 saturated heterocycles. The minimum atomic E-state index is -0.00953. The number of nitrogens with zero attached hydrogens (tertiary/aromatic N) is 1. The average Bonchev–Trinajstić information content (AvgIpc) is 2.78. The van der Waals surface area contributed by atoms with Crippen molar-refractivity contribution in [2.45, 2.75) is 64.3 Å². The van der Waals surface area contributed by atoms with Crippen LogP contribution in [0.15, 0.2) is 0 Å². The average molecular weight is 289 g/mol. The number of piperidine rings is 1. The maximum absolute atomic E-state index is 12.3. The predicted molar refractivity (Wildman–Crippen MR) is 80.6 cm³/mol. The highest BCUT2D eigenvalue weighted by Crippen LogP contribution is 2.60. The summed E-state index contributed by atoms with van der Waals surface area (Å²) in [6.45, 7) is 2.24. The monoisotopic (exact) mass is 289 g/mol. The number of carbonyl (C=O) groups excluding carboxylic acids is 2. The van der Waals surface area contributed by atoms with E-state index in [0.29, 0.717) is 29.6 Å². The molecule has 0 unspecified atom stereocenters. The topological polar surface area (TPSA) is 37.4 Å². The summed E-state index contributed by atoms with van der Waals surface area (Å²) >= 11 is 0. The van der Waals surface area contributed by atoms with Gasteiger partial charge in [0.15, 0.2) is 0 Å². The lowest BCUT2D eigenvalue weighted by molar-refractivity contribution is -0.145. The second-order valence-electron chi connectivity index (χ2n) is 8.20. The normalized spacial score (nSPS) is 49.6. The van der Waals surface area contributed by atoms with Crippen LogP contribution in [0.5, 0.6) is 0 Å².